The molecule has 0 bridgehead atoms. The fourth-order valence-electron chi connectivity index (χ4n) is 4.99. The van der Waals surface area contributed by atoms with Gasteiger partial charge in [0.1, 0.15) is 11.6 Å². The number of piperazine rings is 1. The Morgan fingerprint density at radius 2 is 1.94 bits per heavy atom. The Balaban J connectivity index is 1.52. The zero-order valence-corrected chi connectivity index (χ0v) is 20.3. The lowest BCUT2D eigenvalue weighted by molar-refractivity contribution is 0.0351. The molecule has 2 atom stereocenters. The van der Waals surface area contributed by atoms with E-state index in [0.717, 1.165) is 37.3 Å². The van der Waals surface area contributed by atoms with Crippen LogP contribution in [0.1, 0.15) is 62.7 Å². The highest BCUT2D eigenvalue weighted by atomic mass is 19.1. The number of H-pyrrole nitrogens is 1. The van der Waals surface area contributed by atoms with Gasteiger partial charge in [-0.15, -0.1) is 0 Å². The Hall–Kier alpha value is -3.01. The van der Waals surface area contributed by atoms with Crippen molar-refractivity contribution in [2.24, 2.45) is 0 Å². The number of urea groups is 1. The zero-order valence-electron chi connectivity index (χ0n) is 20.3. The third kappa shape index (κ3) is 4.15. The summed E-state index contributed by atoms with van der Waals surface area (Å²) < 4.78 is 27.3. The highest BCUT2D eigenvalue weighted by Gasteiger charge is 2.46. The van der Waals surface area contributed by atoms with Gasteiger partial charge in [-0.25, -0.2) is 13.6 Å². The monoisotopic (exact) mass is 474 g/mol. The van der Waals surface area contributed by atoms with Crippen molar-refractivity contribution in [1.29, 1.82) is 0 Å². The van der Waals surface area contributed by atoms with Gasteiger partial charge in [-0.2, -0.15) is 5.10 Å². The third-order valence-corrected chi connectivity index (χ3v) is 6.98. The molecule has 1 aromatic carbocycles. The predicted molar refractivity (Wildman–Crippen MR) is 124 cm³/mol. The number of carbonyl (C=O) groups excluding carboxylic acids is 2. The number of rotatable bonds is 4. The van der Waals surface area contributed by atoms with Crippen molar-refractivity contribution in [2.45, 2.75) is 65.2 Å². The molecule has 8 nitrogen and oxygen atoms in total. The van der Waals surface area contributed by atoms with Crippen molar-refractivity contribution in [3.05, 3.63) is 46.7 Å². The second-order valence-electron chi connectivity index (χ2n) is 9.78. The van der Waals surface area contributed by atoms with Gasteiger partial charge in [0.25, 0.3) is 5.91 Å². The molecule has 3 heterocycles. The number of halogens is 2. The fourth-order valence-corrected chi connectivity index (χ4v) is 4.99. The molecule has 0 aliphatic carbocycles. The van der Waals surface area contributed by atoms with Gasteiger partial charge in [0.15, 0.2) is 5.82 Å². The van der Waals surface area contributed by atoms with Crippen molar-refractivity contribution in [3.63, 3.8) is 0 Å². The van der Waals surface area contributed by atoms with E-state index in [9.17, 15) is 18.4 Å². The van der Waals surface area contributed by atoms with E-state index in [2.05, 4.69) is 41.2 Å². The van der Waals surface area contributed by atoms with Crippen LogP contribution in [0.5, 0.6) is 0 Å². The summed E-state index contributed by atoms with van der Waals surface area (Å²) >= 11 is 0. The lowest BCUT2D eigenvalue weighted by Gasteiger charge is -2.46. The fraction of sp³-hybridized carbons (Fsp3) is 0.542. The molecule has 3 amide bonds. The van der Waals surface area contributed by atoms with E-state index >= 15 is 0 Å². The van der Waals surface area contributed by atoms with E-state index in [4.69, 9.17) is 0 Å². The van der Waals surface area contributed by atoms with Crippen LogP contribution in [0.25, 0.3) is 0 Å². The molecular weight excluding hydrogens is 442 g/mol. The van der Waals surface area contributed by atoms with Crippen LogP contribution >= 0.6 is 0 Å². The molecule has 0 radical (unpaired) electrons. The average Bonchev–Trinajstić information content (AvgIpc) is 3.28. The summed E-state index contributed by atoms with van der Waals surface area (Å²) in [5, 5.41) is 9.76. The molecule has 0 unspecified atom stereocenters. The van der Waals surface area contributed by atoms with E-state index in [-0.39, 0.29) is 36.0 Å². The Morgan fingerprint density at radius 1 is 1.21 bits per heavy atom. The minimum atomic E-state index is -0.952. The van der Waals surface area contributed by atoms with Gasteiger partial charge in [0.2, 0.25) is 0 Å². The first kappa shape index (κ1) is 24.1. The Morgan fingerprint density at radius 3 is 2.62 bits per heavy atom. The summed E-state index contributed by atoms with van der Waals surface area (Å²) in [5.74, 6) is -2.21. The topological polar surface area (TPSA) is 84.6 Å². The van der Waals surface area contributed by atoms with E-state index in [1.54, 1.807) is 4.90 Å². The Bertz CT molecular complexity index is 1100. The highest BCUT2D eigenvalue weighted by Crippen LogP contribution is 2.41. The van der Waals surface area contributed by atoms with Crippen LogP contribution in [0.4, 0.5) is 19.4 Å². The number of hydrogen-bond acceptors (Lipinski definition) is 4. The van der Waals surface area contributed by atoms with Gasteiger partial charge in [0, 0.05) is 36.8 Å². The molecule has 2 aliphatic heterocycles. The first-order valence-corrected chi connectivity index (χ1v) is 11.7. The summed E-state index contributed by atoms with van der Waals surface area (Å²) in [6, 6.07) is 3.06. The molecule has 10 heteroatoms. The van der Waals surface area contributed by atoms with E-state index in [1.165, 1.54) is 0 Å². The third-order valence-electron chi connectivity index (χ3n) is 6.98. The van der Waals surface area contributed by atoms with Crippen LogP contribution in [0, 0.1) is 11.6 Å². The van der Waals surface area contributed by atoms with Crippen molar-refractivity contribution in [3.8, 4) is 0 Å². The number of aromatic nitrogens is 2. The molecule has 2 aromatic rings. The molecule has 34 heavy (non-hydrogen) atoms. The average molecular weight is 475 g/mol. The van der Waals surface area contributed by atoms with E-state index in [1.807, 2.05) is 18.7 Å². The largest absolute Gasteiger partial charge is 0.321 e. The number of nitrogens with zero attached hydrogens (tertiary/aromatic N) is 4. The quantitative estimate of drug-likeness (QED) is 0.704. The summed E-state index contributed by atoms with van der Waals surface area (Å²) in [5.41, 5.74) is 0.448. The molecule has 0 saturated carbocycles. The zero-order chi connectivity index (χ0) is 24.8. The molecule has 2 N–H and O–H groups in total. The number of carbonyl (C=O) groups is 2. The second-order valence-corrected chi connectivity index (χ2v) is 9.78. The van der Waals surface area contributed by atoms with Gasteiger partial charge >= 0.3 is 6.03 Å². The number of anilines is 1. The van der Waals surface area contributed by atoms with Gasteiger partial charge in [-0.3, -0.25) is 14.8 Å². The maximum Gasteiger partial charge on any atom is 0.321 e. The van der Waals surface area contributed by atoms with Crippen LogP contribution in [0.2, 0.25) is 0 Å². The van der Waals surface area contributed by atoms with Crippen molar-refractivity contribution in [1.82, 2.24) is 24.9 Å². The van der Waals surface area contributed by atoms with E-state index in [0.29, 0.717) is 18.2 Å². The molecule has 1 saturated heterocycles. The molecule has 1 aromatic heterocycles. The number of amides is 3. The molecule has 2 aliphatic rings. The first-order chi connectivity index (χ1) is 16.0. The highest BCUT2D eigenvalue weighted by molar-refractivity contribution is 6.04. The predicted octanol–water partition coefficient (Wildman–Crippen LogP) is 3.92. The Labute approximate surface area is 198 Å². The number of benzene rings is 1. The summed E-state index contributed by atoms with van der Waals surface area (Å²) in [7, 11) is 0. The normalized spacial score (nSPS) is 22.1. The number of nitrogens with one attached hydrogen (secondary N) is 2. The Kier molecular flexibility index (Phi) is 6.37. The number of hydrogen-bond donors (Lipinski definition) is 2. The first-order valence-electron chi connectivity index (χ1n) is 11.7. The van der Waals surface area contributed by atoms with Crippen molar-refractivity contribution in [2.75, 3.05) is 25.0 Å². The molecule has 4 rings (SSSR count). The van der Waals surface area contributed by atoms with Crippen molar-refractivity contribution < 1.29 is 18.4 Å². The molecule has 0 spiro atoms. The lowest BCUT2D eigenvalue weighted by atomic mass is 10.0. The number of fused-ring (bicyclic) bond motifs is 1. The van der Waals surface area contributed by atoms with Gasteiger partial charge < -0.3 is 15.1 Å². The van der Waals surface area contributed by atoms with Gasteiger partial charge in [-0.1, -0.05) is 6.92 Å². The lowest BCUT2D eigenvalue weighted by Crippen LogP contribution is -2.61. The number of aromatic amines is 1. The van der Waals surface area contributed by atoms with Crippen LogP contribution in [0.3, 0.4) is 0 Å². The standard InChI is InChI=1S/C24H32F2N6O2/c1-6-9-30-11-15(3)31(12-14(30)2)23(34)32-13-18-20(24(32,4)5)28-29-21(18)27-22(33)17-8-7-16(25)10-19(17)26/h7-8,10,14-15H,6,9,11-13H2,1-5H3,(H2,27,28,29,33)/t14-,15+/m1/s1. The van der Waals surface area contributed by atoms with Crippen LogP contribution in [-0.2, 0) is 12.1 Å². The molecular formula is C24H32F2N6O2. The minimum absolute atomic E-state index is 0.0630. The maximum atomic E-state index is 14.1. The smallest absolute Gasteiger partial charge is 0.319 e. The summed E-state index contributed by atoms with van der Waals surface area (Å²) in [6.45, 7) is 13.0. The minimum Gasteiger partial charge on any atom is -0.319 e. The van der Waals surface area contributed by atoms with E-state index < -0.39 is 23.1 Å². The van der Waals surface area contributed by atoms with Crippen LogP contribution in [0.15, 0.2) is 18.2 Å². The second kappa shape index (κ2) is 8.98. The molecule has 184 valence electrons. The SMILES string of the molecule is CCCN1C[C@H](C)N(C(=O)N2Cc3c(NC(=O)c4ccc(F)cc4F)n[nH]c3C2(C)C)C[C@H]1C. The van der Waals surface area contributed by atoms with Crippen LogP contribution < -0.4 is 5.32 Å². The summed E-state index contributed by atoms with van der Waals surface area (Å²) in [4.78, 5) is 32.4. The maximum absolute atomic E-state index is 14.1. The molecule has 1 fully saturated rings. The van der Waals surface area contributed by atoms with Gasteiger partial charge in [0.05, 0.1) is 23.3 Å². The van der Waals surface area contributed by atoms with Crippen molar-refractivity contribution >= 4 is 17.8 Å². The van der Waals surface area contributed by atoms with Gasteiger partial charge in [-0.05, 0) is 52.8 Å². The van der Waals surface area contributed by atoms with Crippen LogP contribution in [-0.4, -0.2) is 68.6 Å². The summed E-state index contributed by atoms with van der Waals surface area (Å²) in [6.07, 6.45) is 1.07.